The van der Waals surface area contributed by atoms with E-state index in [0.29, 0.717) is 8.64 Å². The van der Waals surface area contributed by atoms with Crippen molar-refractivity contribution < 1.29 is 26.7 Å². The van der Waals surface area contributed by atoms with Crippen LogP contribution in [-0.2, 0) is 17.1 Å². The minimum atomic E-state index is -1.69. The average molecular weight is 422 g/mol. The molecule has 0 saturated carbocycles. The predicted octanol–water partition coefficient (Wildman–Crippen LogP) is 1.37. The number of amides is 2. The second-order valence-corrected chi connectivity index (χ2v) is 11.0. The van der Waals surface area contributed by atoms with E-state index in [0.717, 1.165) is 11.5 Å². The fourth-order valence-electron chi connectivity index (χ4n) is 0.730. The monoisotopic (exact) mass is 420 g/mol. The Balaban J connectivity index is 0. The van der Waals surface area contributed by atoms with Gasteiger partial charge >= 0.3 is 73.7 Å². The fourth-order valence-corrected chi connectivity index (χ4v) is 4.17. The molecule has 0 aliphatic carbocycles. The molecule has 0 aromatic heterocycles. The summed E-state index contributed by atoms with van der Waals surface area (Å²) in [7, 11) is 6.71. The Morgan fingerprint density at radius 2 is 1.19 bits per heavy atom. The number of hydrogen-bond donors (Lipinski definition) is 2. The maximum absolute atomic E-state index is 11.0. The van der Waals surface area contributed by atoms with Gasteiger partial charge in [0.1, 0.15) is 8.64 Å². The van der Waals surface area contributed by atoms with Crippen LogP contribution < -0.4 is 11.5 Å². The Bertz CT molecular complexity index is 346. The van der Waals surface area contributed by atoms with Gasteiger partial charge in [-0.2, -0.15) is 0 Å². The minimum Gasteiger partial charge on any atom is -0.385 e. The number of nitrogens with two attached hydrogens (primary N) is 2. The van der Waals surface area contributed by atoms with E-state index in [1.807, 2.05) is 0 Å². The van der Waals surface area contributed by atoms with Crippen molar-refractivity contribution in [3.05, 3.63) is 0 Å². The van der Waals surface area contributed by atoms with Gasteiger partial charge in [0.15, 0.2) is 0 Å². The zero-order valence-corrected chi connectivity index (χ0v) is 18.9. The van der Waals surface area contributed by atoms with Crippen LogP contribution in [0.2, 0.25) is 0 Å². The number of nitrogens with zero attached hydrogens (tertiary/aromatic N) is 2. The average Bonchev–Trinajstić information content (AvgIpc) is 2.34. The first kappa shape index (κ1) is 23.3. The Labute approximate surface area is 152 Å². The van der Waals surface area contributed by atoms with Crippen molar-refractivity contribution in [1.29, 1.82) is 0 Å². The normalized spacial score (nSPS) is 8.76. The van der Waals surface area contributed by atoms with Crippen LogP contribution in [0.15, 0.2) is 0 Å². The van der Waals surface area contributed by atoms with Gasteiger partial charge in [0.05, 0.1) is 0 Å². The quantitative estimate of drug-likeness (QED) is 0.390. The molecule has 0 fully saturated rings. The van der Waals surface area contributed by atoms with Gasteiger partial charge in [-0.3, -0.25) is 0 Å². The van der Waals surface area contributed by atoms with Crippen LogP contribution in [0.1, 0.15) is 0 Å². The first-order chi connectivity index (χ1) is 9.57. The molecule has 11 heteroatoms. The molecule has 0 saturated heterocycles. The number of carbonyl (C=O) groups excluding carboxylic acids is 2. The fraction of sp³-hybridized carbons (Fsp3) is 0.600. The van der Waals surface area contributed by atoms with Crippen molar-refractivity contribution >= 4 is 65.6 Å². The molecule has 0 atom stereocenters. The van der Waals surface area contributed by atoms with Crippen LogP contribution in [0.3, 0.4) is 0 Å². The number of thiocarbonyl (C=S) groups is 2. The molecule has 0 bridgehead atoms. The molecule has 0 rings (SSSR count). The van der Waals surface area contributed by atoms with E-state index in [1.54, 1.807) is 28.2 Å². The van der Waals surface area contributed by atoms with Crippen molar-refractivity contribution in [1.82, 2.24) is 9.80 Å². The maximum Gasteiger partial charge on any atom is 0.131 e. The molecule has 0 aliphatic rings. The standard InChI is InChI=1S/C4H8N2S4.2C3H6NO.Zn/c5-3(7)9-1-2-10-4(6)8;2*1-4(2)3-5;/h1-2H2,(H2,5,7)(H2,6,8);2*1-2H3;. The van der Waals surface area contributed by atoms with E-state index in [-0.39, 0.29) is 9.00 Å². The van der Waals surface area contributed by atoms with Crippen molar-refractivity contribution in [3.63, 3.8) is 0 Å². The number of rotatable bonds is 5. The van der Waals surface area contributed by atoms with E-state index in [4.69, 9.17) is 11.5 Å². The molecule has 21 heavy (non-hydrogen) atoms. The molecule has 0 spiro atoms. The van der Waals surface area contributed by atoms with Crippen LogP contribution in [0.4, 0.5) is 9.59 Å². The number of hydrogen-bond acceptors (Lipinski definition) is 6. The smallest absolute Gasteiger partial charge is 0.131 e. The topological polar surface area (TPSA) is 92.7 Å². The van der Waals surface area contributed by atoms with Gasteiger partial charge in [-0.1, -0.05) is 48.0 Å². The summed E-state index contributed by atoms with van der Waals surface area (Å²) in [5.41, 5.74) is 10.5. The predicted molar refractivity (Wildman–Crippen MR) is 96.7 cm³/mol. The van der Waals surface area contributed by atoms with Crippen LogP contribution in [0, 0.1) is 0 Å². The Hall–Kier alpha value is 0.0434. The summed E-state index contributed by atoms with van der Waals surface area (Å²) in [6.07, 6.45) is 0. The van der Waals surface area contributed by atoms with E-state index in [1.165, 1.54) is 33.3 Å². The van der Waals surface area contributed by atoms with Crippen molar-refractivity contribution in [2.24, 2.45) is 11.5 Å². The van der Waals surface area contributed by atoms with Gasteiger partial charge in [-0.05, 0) is 0 Å². The van der Waals surface area contributed by atoms with Crippen LogP contribution in [0.25, 0.3) is 0 Å². The third-order valence-electron chi connectivity index (χ3n) is 1.87. The Kier molecular flexibility index (Phi) is 15.2. The van der Waals surface area contributed by atoms with Crippen LogP contribution in [0.5, 0.6) is 0 Å². The number of carbonyl (C=O) groups is 2. The SMILES string of the molecule is CN(C)[C](=O)[Zn][C](=O)N(C)C.NC(=S)SCCSC(N)=S. The Morgan fingerprint density at radius 3 is 1.38 bits per heavy atom. The molecule has 0 unspecified atom stereocenters. The number of thioether (sulfide) groups is 2. The van der Waals surface area contributed by atoms with Gasteiger partial charge in [-0.15, -0.1) is 0 Å². The summed E-state index contributed by atoms with van der Waals surface area (Å²) in [5.74, 6) is 1.74. The summed E-state index contributed by atoms with van der Waals surface area (Å²) in [5, 5.41) is 0. The zero-order chi connectivity index (χ0) is 17.0. The molecular formula is C10H20N4O2S4Zn. The molecule has 118 valence electrons. The second-order valence-electron chi connectivity index (χ2n) is 4.09. The Morgan fingerprint density at radius 1 is 0.905 bits per heavy atom. The van der Waals surface area contributed by atoms with E-state index < -0.39 is 17.1 Å². The molecule has 6 nitrogen and oxygen atoms in total. The van der Waals surface area contributed by atoms with Crippen molar-refractivity contribution in [2.75, 3.05) is 39.7 Å². The summed E-state index contributed by atoms with van der Waals surface area (Å²) >= 11 is 10.5. The van der Waals surface area contributed by atoms with Gasteiger partial charge in [0.25, 0.3) is 0 Å². The zero-order valence-electron chi connectivity index (χ0n) is 12.6. The van der Waals surface area contributed by atoms with E-state index >= 15 is 0 Å². The molecule has 0 aliphatic heterocycles. The van der Waals surface area contributed by atoms with Crippen LogP contribution in [-0.4, -0.2) is 67.1 Å². The van der Waals surface area contributed by atoms with E-state index in [2.05, 4.69) is 24.4 Å². The second kappa shape index (κ2) is 13.7. The third-order valence-corrected chi connectivity index (χ3v) is 8.15. The largest absolute Gasteiger partial charge is 0.385 e. The summed E-state index contributed by atoms with van der Waals surface area (Å²) in [4.78, 5) is 25.0. The van der Waals surface area contributed by atoms with E-state index in [9.17, 15) is 9.59 Å². The summed E-state index contributed by atoms with van der Waals surface area (Å²) in [6.45, 7) is 0. The van der Waals surface area contributed by atoms with Gasteiger partial charge in [0, 0.05) is 11.5 Å². The minimum absolute atomic E-state index is 0.0243. The van der Waals surface area contributed by atoms with Gasteiger partial charge in [-0.25, -0.2) is 0 Å². The molecular weight excluding hydrogens is 402 g/mol. The summed E-state index contributed by atoms with van der Waals surface area (Å²) < 4.78 is 1.000. The third kappa shape index (κ3) is 18.0. The molecule has 0 aromatic carbocycles. The van der Waals surface area contributed by atoms with Crippen LogP contribution >= 0.6 is 48.0 Å². The molecule has 0 aromatic rings. The molecule has 4 N–H and O–H groups in total. The first-order valence-electron chi connectivity index (χ1n) is 5.82. The molecule has 0 radical (unpaired) electrons. The molecule has 2 amide bonds. The van der Waals surface area contributed by atoms with Crippen molar-refractivity contribution in [2.45, 2.75) is 0 Å². The van der Waals surface area contributed by atoms with Crippen molar-refractivity contribution in [3.8, 4) is 0 Å². The molecule has 0 heterocycles. The first-order valence-corrected chi connectivity index (χ1v) is 11.6. The maximum atomic E-state index is 11.0. The summed E-state index contributed by atoms with van der Waals surface area (Å²) in [6, 6.07) is 0. The van der Waals surface area contributed by atoms with Gasteiger partial charge in [0.2, 0.25) is 0 Å². The van der Waals surface area contributed by atoms with Gasteiger partial charge < -0.3 is 11.5 Å².